The Balaban J connectivity index is 0.718. The first-order valence-electron chi connectivity index (χ1n) is 44.8. The lowest BCUT2D eigenvalue weighted by molar-refractivity contribution is 0.628. The second-order valence-electron chi connectivity index (χ2n) is 34.8. The van der Waals surface area contributed by atoms with E-state index in [2.05, 4.69) is 492 Å². The van der Waals surface area contributed by atoms with Crippen LogP contribution in [0.4, 0.5) is 0 Å². The molecule has 602 valence electrons. The highest BCUT2D eigenvalue weighted by Crippen LogP contribution is 2.53. The molecular weight excluding hydrogens is 1570 g/mol. The number of benzene rings is 19. The van der Waals surface area contributed by atoms with Gasteiger partial charge >= 0.3 is 0 Å². The molecule has 0 fully saturated rings. The van der Waals surface area contributed by atoms with E-state index in [1.165, 1.54) is 147 Å². The van der Waals surface area contributed by atoms with Gasteiger partial charge in [0.2, 0.25) is 0 Å². The van der Waals surface area contributed by atoms with Crippen LogP contribution in [-0.2, 0) is 5.41 Å². The SMILES string of the molecule is C1=CC(n2c3ccccc3c3ccc4c5ccccc5n(-c5ccccc5)c4c32)CC=C1C(c1ccc(-n2c3ccccc3c3ccc4c5ccccc5n(-c5ccccc5)c4c32)cc1)(c1ccc(-n2c3ccccc3c3ccc4c5ccccc5n(-c5ccccc5)c4c32)cc1)c1ccc(-n2c3ccccc3c3ccc4c5ccccc5n(-c5ccccc5)c4c32)cc1. The molecule has 1 aliphatic rings. The Hall–Kier alpha value is -16.9. The zero-order valence-electron chi connectivity index (χ0n) is 70.2. The molecule has 1 aliphatic carbocycles. The number of aromatic nitrogens is 8. The van der Waals surface area contributed by atoms with Crippen LogP contribution in [0.1, 0.15) is 29.2 Å². The summed E-state index contributed by atoms with van der Waals surface area (Å²) in [5.74, 6) is 0. The maximum absolute atomic E-state index is 2.68. The van der Waals surface area contributed by atoms with Crippen molar-refractivity contribution in [2.24, 2.45) is 0 Å². The molecule has 8 nitrogen and oxygen atoms in total. The molecule has 0 N–H and O–H groups in total. The Morgan fingerprint density at radius 3 is 0.597 bits per heavy atom. The van der Waals surface area contributed by atoms with Gasteiger partial charge in [-0.2, -0.15) is 0 Å². The number of allylic oxidation sites excluding steroid dienone is 4. The number of fused-ring (bicyclic) bond motifs is 28. The lowest BCUT2D eigenvalue weighted by Crippen LogP contribution is -2.32. The highest BCUT2D eigenvalue weighted by Gasteiger charge is 2.42. The molecule has 19 aromatic carbocycles. The monoisotopic (exact) mass is 1640 g/mol. The normalized spacial score (nSPS) is 13.5. The average Bonchev–Trinajstić information content (AvgIpc) is 1.53. The van der Waals surface area contributed by atoms with Gasteiger partial charge in [0.1, 0.15) is 0 Å². The Bertz CT molecular complexity index is 8770. The molecule has 129 heavy (non-hydrogen) atoms. The molecule has 1 unspecified atom stereocenters. The molecule has 28 rings (SSSR count). The summed E-state index contributed by atoms with van der Waals surface area (Å²) >= 11 is 0. The van der Waals surface area contributed by atoms with Gasteiger partial charge in [0, 0.05) is 132 Å². The largest absolute Gasteiger partial charge is 0.331 e. The molecular formula is C121H78N8. The molecule has 8 heteroatoms. The van der Waals surface area contributed by atoms with Gasteiger partial charge in [0.15, 0.2) is 0 Å². The van der Waals surface area contributed by atoms with Crippen molar-refractivity contribution in [2.75, 3.05) is 0 Å². The average molecular weight is 1640 g/mol. The van der Waals surface area contributed by atoms with E-state index < -0.39 is 5.41 Å². The zero-order chi connectivity index (χ0) is 84.3. The van der Waals surface area contributed by atoms with Crippen molar-refractivity contribution >= 4 is 174 Å². The minimum Gasteiger partial charge on any atom is -0.331 e. The van der Waals surface area contributed by atoms with Crippen molar-refractivity contribution in [3.63, 3.8) is 0 Å². The Morgan fingerprint density at radius 2 is 0.364 bits per heavy atom. The lowest BCUT2D eigenvalue weighted by atomic mass is 9.63. The third kappa shape index (κ3) is 10.0. The van der Waals surface area contributed by atoms with E-state index in [0.717, 1.165) is 89.6 Å². The fourth-order valence-corrected chi connectivity index (χ4v) is 23.2. The summed E-state index contributed by atoms with van der Waals surface area (Å²) in [5.41, 5.74) is 30.0. The quantitative estimate of drug-likeness (QED) is 0.109. The van der Waals surface area contributed by atoms with E-state index in [1.807, 2.05) is 0 Å². The summed E-state index contributed by atoms with van der Waals surface area (Å²) < 4.78 is 20.3. The summed E-state index contributed by atoms with van der Waals surface area (Å²) in [6.07, 6.45) is 8.37. The number of rotatable bonds is 12. The summed E-state index contributed by atoms with van der Waals surface area (Å²) in [6, 6.07) is 164. The predicted octanol–water partition coefficient (Wildman–Crippen LogP) is 30.9. The predicted molar refractivity (Wildman–Crippen MR) is 540 cm³/mol. The minimum atomic E-state index is -0.986. The van der Waals surface area contributed by atoms with Gasteiger partial charge in [0.05, 0.1) is 94.2 Å². The van der Waals surface area contributed by atoms with Crippen molar-refractivity contribution in [3.8, 4) is 39.8 Å². The van der Waals surface area contributed by atoms with Crippen LogP contribution in [0.2, 0.25) is 0 Å². The van der Waals surface area contributed by atoms with Crippen LogP contribution in [0, 0.1) is 0 Å². The molecule has 0 saturated carbocycles. The van der Waals surface area contributed by atoms with Gasteiger partial charge in [-0.1, -0.05) is 322 Å². The van der Waals surface area contributed by atoms with Crippen LogP contribution in [-0.4, -0.2) is 36.5 Å². The summed E-state index contributed by atoms with van der Waals surface area (Å²) in [7, 11) is 0. The second kappa shape index (κ2) is 27.5. The molecule has 8 aromatic heterocycles. The fraction of sp³-hybridized carbons (Fsp3) is 0.0248. The van der Waals surface area contributed by atoms with Crippen LogP contribution in [0.5, 0.6) is 0 Å². The number of nitrogens with zero attached hydrogens (tertiary/aromatic N) is 8. The number of hydrogen-bond donors (Lipinski definition) is 0. The van der Waals surface area contributed by atoms with Crippen LogP contribution in [0.3, 0.4) is 0 Å². The third-order valence-electron chi connectivity index (χ3n) is 28.5. The maximum Gasteiger partial charge on any atom is 0.0788 e. The van der Waals surface area contributed by atoms with Gasteiger partial charge in [0.25, 0.3) is 0 Å². The van der Waals surface area contributed by atoms with Crippen molar-refractivity contribution in [3.05, 3.63) is 477 Å². The Labute approximate surface area is 740 Å². The topological polar surface area (TPSA) is 39.4 Å². The third-order valence-corrected chi connectivity index (χ3v) is 28.5. The van der Waals surface area contributed by atoms with Gasteiger partial charge in [-0.3, -0.25) is 0 Å². The van der Waals surface area contributed by atoms with E-state index >= 15 is 0 Å². The van der Waals surface area contributed by atoms with E-state index in [4.69, 9.17) is 0 Å². The van der Waals surface area contributed by atoms with Gasteiger partial charge in [-0.15, -0.1) is 0 Å². The Kier molecular flexibility index (Phi) is 15.3. The van der Waals surface area contributed by atoms with E-state index in [9.17, 15) is 0 Å². The first-order valence-corrected chi connectivity index (χ1v) is 44.8. The Morgan fingerprint density at radius 1 is 0.171 bits per heavy atom. The van der Waals surface area contributed by atoms with Gasteiger partial charge in [-0.05, 0) is 162 Å². The molecule has 0 aliphatic heterocycles. The molecule has 0 radical (unpaired) electrons. The molecule has 0 spiro atoms. The molecule has 0 bridgehead atoms. The standard InChI is InChI=1S/C121H78N8/c1-5-29-81(30-6-1)122-105-45-21-13-37-89(105)97-69-73-101-93-41-17-25-49-109(93)126(117(101)113(97)122)85-61-53-77(54-62-85)121(78-55-63-86(64-56-78)127-110-50-26-18-42-94(110)102-74-70-98-90-38-14-22-46-106(90)123(114(98)118(102)127)82-31-7-2-8-32-82,79-57-65-87(66-58-79)128-111-51-27-19-43-95(111)103-75-71-99-91-39-15-23-47-107(91)124(115(99)119(103)128)83-33-9-3-10-34-83)80-59-67-88(68-60-80)129-112-52-28-20-44-96(112)104-76-72-100-92-40-16-24-48-108(92)125(116(100)120(104)129)84-35-11-4-12-36-84/h1-67,69-76,88H,68H2. The van der Waals surface area contributed by atoms with Crippen LogP contribution >= 0.6 is 0 Å². The van der Waals surface area contributed by atoms with Gasteiger partial charge in [-0.25, -0.2) is 0 Å². The van der Waals surface area contributed by atoms with E-state index in [-0.39, 0.29) is 6.04 Å². The zero-order valence-corrected chi connectivity index (χ0v) is 70.2. The highest BCUT2D eigenvalue weighted by molar-refractivity contribution is 6.28. The summed E-state index contributed by atoms with van der Waals surface area (Å²) in [4.78, 5) is 0. The van der Waals surface area contributed by atoms with Crippen molar-refractivity contribution in [2.45, 2.75) is 17.9 Å². The van der Waals surface area contributed by atoms with Crippen molar-refractivity contribution in [1.29, 1.82) is 0 Å². The van der Waals surface area contributed by atoms with E-state index in [0.29, 0.717) is 6.42 Å². The smallest absolute Gasteiger partial charge is 0.0788 e. The molecule has 1 atom stereocenters. The minimum absolute atomic E-state index is 0.0929. The van der Waals surface area contributed by atoms with Crippen molar-refractivity contribution in [1.82, 2.24) is 36.5 Å². The molecule has 8 heterocycles. The number of hydrogen-bond acceptors (Lipinski definition) is 0. The van der Waals surface area contributed by atoms with E-state index in [1.54, 1.807) is 0 Å². The van der Waals surface area contributed by atoms with Crippen LogP contribution in [0.25, 0.3) is 214 Å². The van der Waals surface area contributed by atoms with Crippen LogP contribution < -0.4 is 0 Å². The first kappa shape index (κ1) is 71.5. The maximum atomic E-state index is 2.68. The number of para-hydroxylation sites is 12. The molecule has 27 aromatic rings. The first-order chi connectivity index (χ1) is 64.1. The molecule has 0 saturated heterocycles. The molecule has 0 amide bonds. The summed E-state index contributed by atoms with van der Waals surface area (Å²) in [5, 5.41) is 19.4. The lowest BCUT2D eigenvalue weighted by Gasteiger charge is -2.39. The fourth-order valence-electron chi connectivity index (χ4n) is 23.2. The summed E-state index contributed by atoms with van der Waals surface area (Å²) in [6.45, 7) is 0. The van der Waals surface area contributed by atoms with Crippen molar-refractivity contribution < 1.29 is 0 Å². The van der Waals surface area contributed by atoms with Gasteiger partial charge < -0.3 is 36.5 Å². The highest BCUT2D eigenvalue weighted by atomic mass is 15.1. The van der Waals surface area contributed by atoms with Crippen LogP contribution in [0.15, 0.2) is 461 Å². The second-order valence-corrected chi connectivity index (χ2v) is 34.8.